The van der Waals surface area contributed by atoms with Gasteiger partial charge in [-0.05, 0) is 54.8 Å². The Morgan fingerprint density at radius 1 is 0.964 bits per heavy atom. The number of aryl methyl sites for hydroxylation is 2. The molecule has 3 rings (SSSR count). The number of thioether (sulfide) groups is 1. The molecule has 0 atom stereocenters. The summed E-state index contributed by atoms with van der Waals surface area (Å²) >= 11 is 7.67. The Morgan fingerprint density at radius 2 is 1.75 bits per heavy atom. The molecule has 3 aromatic rings. The number of hydrogen-bond acceptors (Lipinski definition) is 4. The molecule has 0 amide bonds. The van der Waals surface area contributed by atoms with Gasteiger partial charge in [-0.2, -0.15) is 4.98 Å². The third-order valence-electron chi connectivity index (χ3n) is 4.41. The molecule has 1 aromatic heterocycles. The van der Waals surface area contributed by atoms with Crippen LogP contribution in [0.1, 0.15) is 43.2 Å². The lowest BCUT2D eigenvalue weighted by Gasteiger charge is -2.19. The van der Waals surface area contributed by atoms with Crippen molar-refractivity contribution in [2.75, 3.05) is 0 Å². The van der Waals surface area contributed by atoms with Crippen LogP contribution in [0, 0.1) is 13.8 Å². The highest BCUT2D eigenvalue weighted by Gasteiger charge is 2.19. The van der Waals surface area contributed by atoms with Crippen LogP contribution in [-0.4, -0.2) is 9.97 Å². The molecule has 3 nitrogen and oxygen atoms in total. The van der Waals surface area contributed by atoms with E-state index >= 15 is 0 Å². The molecule has 0 N–H and O–H groups in total. The number of rotatable bonds is 5. The molecule has 0 aliphatic carbocycles. The molecule has 0 unspecified atom stereocenters. The predicted octanol–water partition coefficient (Wildman–Crippen LogP) is 7.13. The van der Waals surface area contributed by atoms with Gasteiger partial charge in [-0.1, -0.05) is 62.3 Å². The fraction of sp³-hybridized carbons (Fsp3) is 0.304. The fourth-order valence-electron chi connectivity index (χ4n) is 2.58. The first-order chi connectivity index (χ1) is 13.2. The van der Waals surface area contributed by atoms with Crippen LogP contribution in [0.3, 0.4) is 0 Å². The van der Waals surface area contributed by atoms with Crippen LogP contribution in [0.4, 0.5) is 0 Å². The van der Waals surface area contributed by atoms with E-state index in [2.05, 4.69) is 51.7 Å². The second-order valence-corrected chi connectivity index (χ2v) is 9.27. The van der Waals surface area contributed by atoms with E-state index < -0.39 is 0 Å². The second-order valence-electron chi connectivity index (χ2n) is 7.89. The summed E-state index contributed by atoms with van der Waals surface area (Å²) in [6.45, 7) is 10.6. The van der Waals surface area contributed by atoms with E-state index in [0.717, 1.165) is 27.8 Å². The van der Waals surface area contributed by atoms with Gasteiger partial charge in [0.2, 0.25) is 5.88 Å². The highest BCUT2D eigenvalue weighted by atomic mass is 35.5. The zero-order chi connectivity index (χ0) is 20.3. The average Bonchev–Trinajstić information content (AvgIpc) is 2.62. The normalized spacial score (nSPS) is 11.5. The van der Waals surface area contributed by atoms with Crippen LogP contribution in [0.25, 0.3) is 0 Å². The molecule has 0 radical (unpaired) electrons. The minimum Gasteiger partial charge on any atom is -0.439 e. The molecule has 5 heteroatoms. The van der Waals surface area contributed by atoms with Gasteiger partial charge in [-0.3, -0.25) is 0 Å². The van der Waals surface area contributed by atoms with E-state index in [1.807, 2.05) is 36.4 Å². The van der Waals surface area contributed by atoms with Gasteiger partial charge in [0, 0.05) is 22.3 Å². The molecule has 1 heterocycles. The van der Waals surface area contributed by atoms with Crippen molar-refractivity contribution in [3.63, 3.8) is 0 Å². The smallest absolute Gasteiger partial charge is 0.223 e. The summed E-state index contributed by atoms with van der Waals surface area (Å²) in [5.41, 5.74) is 4.42. The molecular formula is C23H25ClN2OS. The number of hydrogen-bond donors (Lipinski definition) is 0. The lowest BCUT2D eigenvalue weighted by molar-refractivity contribution is 0.446. The first-order valence-corrected chi connectivity index (χ1v) is 10.6. The van der Waals surface area contributed by atoms with Crippen LogP contribution in [-0.2, 0) is 11.2 Å². The maximum atomic E-state index is 6.09. The number of nitrogens with zero attached hydrogens (tertiary/aromatic N) is 2. The highest BCUT2D eigenvalue weighted by Crippen LogP contribution is 2.30. The Kier molecular flexibility index (Phi) is 6.31. The maximum absolute atomic E-state index is 6.09. The van der Waals surface area contributed by atoms with E-state index in [9.17, 15) is 0 Å². The Hall–Kier alpha value is -2.04. The molecule has 0 spiro atoms. The van der Waals surface area contributed by atoms with Crippen molar-refractivity contribution in [3.05, 3.63) is 75.9 Å². The second kappa shape index (κ2) is 8.54. The van der Waals surface area contributed by atoms with Crippen LogP contribution < -0.4 is 4.74 Å². The van der Waals surface area contributed by atoms with Crippen molar-refractivity contribution >= 4 is 23.4 Å². The minimum atomic E-state index is -0.102. The zero-order valence-electron chi connectivity index (χ0n) is 16.9. The molecule has 146 valence electrons. The third-order valence-corrected chi connectivity index (χ3v) is 5.56. The van der Waals surface area contributed by atoms with E-state index in [0.29, 0.717) is 11.0 Å². The maximum Gasteiger partial charge on any atom is 0.223 e. The van der Waals surface area contributed by atoms with E-state index in [1.165, 1.54) is 11.1 Å². The minimum absolute atomic E-state index is 0.102. The topological polar surface area (TPSA) is 35.0 Å². The monoisotopic (exact) mass is 412 g/mol. The first-order valence-electron chi connectivity index (χ1n) is 9.22. The number of halogens is 1. The highest BCUT2D eigenvalue weighted by molar-refractivity contribution is 7.98. The van der Waals surface area contributed by atoms with Gasteiger partial charge in [0.1, 0.15) is 5.75 Å². The van der Waals surface area contributed by atoms with Crippen molar-refractivity contribution in [1.82, 2.24) is 9.97 Å². The van der Waals surface area contributed by atoms with E-state index in [1.54, 1.807) is 11.8 Å². The molecule has 0 bridgehead atoms. The van der Waals surface area contributed by atoms with Crippen molar-refractivity contribution in [2.24, 2.45) is 0 Å². The van der Waals surface area contributed by atoms with Gasteiger partial charge in [-0.15, -0.1) is 0 Å². The Balaban J connectivity index is 1.87. The van der Waals surface area contributed by atoms with Crippen LogP contribution in [0.5, 0.6) is 11.6 Å². The lowest BCUT2D eigenvalue weighted by atomic mass is 9.92. The molecule has 0 saturated carbocycles. The molecule has 2 aromatic carbocycles. The summed E-state index contributed by atoms with van der Waals surface area (Å²) in [7, 11) is 0. The first kappa shape index (κ1) is 20.7. The third kappa shape index (κ3) is 5.49. The molecular weight excluding hydrogens is 388 g/mol. The van der Waals surface area contributed by atoms with Crippen molar-refractivity contribution in [1.29, 1.82) is 0 Å². The van der Waals surface area contributed by atoms with Crippen LogP contribution in [0.2, 0.25) is 5.02 Å². The standard InChI is InChI=1S/C23H25ClN2OS/c1-15-9-10-19(11-16(15)2)27-21-13-20(23(3,4)5)25-22(26-21)28-14-17-7-6-8-18(24)12-17/h6-13H,14H2,1-5H3. The number of aromatic nitrogens is 2. The summed E-state index contributed by atoms with van der Waals surface area (Å²) in [5, 5.41) is 1.44. The fourth-order valence-corrected chi connectivity index (χ4v) is 3.58. The SMILES string of the molecule is Cc1ccc(Oc2cc(C(C)(C)C)nc(SCc3cccc(Cl)c3)n2)cc1C. The number of benzene rings is 2. The van der Waals surface area contributed by atoms with Gasteiger partial charge in [0.05, 0.1) is 5.69 Å². The van der Waals surface area contributed by atoms with Gasteiger partial charge in [0.15, 0.2) is 5.16 Å². The van der Waals surface area contributed by atoms with Crippen LogP contribution >= 0.6 is 23.4 Å². The molecule has 28 heavy (non-hydrogen) atoms. The summed E-state index contributed by atoms with van der Waals surface area (Å²) < 4.78 is 6.08. The number of ether oxygens (including phenoxy) is 1. The Bertz CT molecular complexity index is 983. The zero-order valence-corrected chi connectivity index (χ0v) is 18.5. The largest absolute Gasteiger partial charge is 0.439 e. The molecule has 0 aliphatic rings. The quantitative estimate of drug-likeness (QED) is 0.329. The molecule has 0 fully saturated rings. The van der Waals surface area contributed by atoms with Gasteiger partial charge in [0.25, 0.3) is 0 Å². The van der Waals surface area contributed by atoms with Gasteiger partial charge < -0.3 is 4.74 Å². The summed E-state index contributed by atoms with van der Waals surface area (Å²) in [4.78, 5) is 9.38. The summed E-state index contributed by atoms with van der Waals surface area (Å²) in [6.07, 6.45) is 0. The molecule has 0 saturated heterocycles. The predicted molar refractivity (Wildman–Crippen MR) is 118 cm³/mol. The summed E-state index contributed by atoms with van der Waals surface area (Å²) in [6, 6.07) is 15.9. The van der Waals surface area contributed by atoms with Crippen molar-refractivity contribution in [3.8, 4) is 11.6 Å². The van der Waals surface area contributed by atoms with Gasteiger partial charge in [-0.25, -0.2) is 4.98 Å². The average molecular weight is 413 g/mol. The summed E-state index contributed by atoms with van der Waals surface area (Å²) in [5.74, 6) is 2.10. The molecule has 0 aliphatic heterocycles. The Labute approximate surface area is 176 Å². The van der Waals surface area contributed by atoms with E-state index in [-0.39, 0.29) is 5.41 Å². The Morgan fingerprint density at radius 3 is 2.43 bits per heavy atom. The van der Waals surface area contributed by atoms with Crippen LogP contribution in [0.15, 0.2) is 53.7 Å². The van der Waals surface area contributed by atoms with Crippen molar-refractivity contribution in [2.45, 2.75) is 50.9 Å². The lowest BCUT2D eigenvalue weighted by Crippen LogP contribution is -2.14. The van der Waals surface area contributed by atoms with E-state index in [4.69, 9.17) is 21.3 Å². The van der Waals surface area contributed by atoms with Gasteiger partial charge >= 0.3 is 0 Å². The van der Waals surface area contributed by atoms with Crippen molar-refractivity contribution < 1.29 is 4.74 Å².